The van der Waals surface area contributed by atoms with Gasteiger partial charge in [0.05, 0.1) is 30.8 Å². The van der Waals surface area contributed by atoms with Crippen LogP contribution >= 0.6 is 0 Å². The lowest BCUT2D eigenvalue weighted by molar-refractivity contribution is 0.0526. The summed E-state index contributed by atoms with van der Waals surface area (Å²) in [5, 5.41) is 7.55. The number of carbonyl (C=O) groups excluding carboxylic acids is 1. The van der Waals surface area contributed by atoms with E-state index in [2.05, 4.69) is 44.6 Å². The van der Waals surface area contributed by atoms with Crippen LogP contribution in [0.2, 0.25) is 0 Å². The van der Waals surface area contributed by atoms with Crippen molar-refractivity contribution in [1.29, 1.82) is 0 Å². The summed E-state index contributed by atoms with van der Waals surface area (Å²) in [6.45, 7) is 2.10. The molecule has 0 atom stereocenters. The monoisotopic (exact) mass is 349 g/mol. The zero-order chi connectivity index (χ0) is 17.9. The maximum Gasteiger partial charge on any atom is 0.341 e. The van der Waals surface area contributed by atoms with E-state index in [1.807, 2.05) is 0 Å². The average molecular weight is 349 g/mol. The number of nitrogens with zero attached hydrogens (tertiary/aromatic N) is 4. The lowest BCUT2D eigenvalue weighted by Crippen LogP contribution is -2.21. The van der Waals surface area contributed by atoms with E-state index in [1.165, 1.54) is 17.3 Å². The van der Waals surface area contributed by atoms with Gasteiger partial charge in [0.15, 0.2) is 0 Å². The molecule has 0 amide bonds. The van der Waals surface area contributed by atoms with Crippen LogP contribution in [0.5, 0.6) is 0 Å². The Bertz CT molecular complexity index is 895. The average Bonchev–Trinajstić information content (AvgIpc) is 3.29. The topological polar surface area (TPSA) is 81.9 Å². The molecule has 1 N–H and O–H groups in total. The number of aromatic nitrogens is 4. The van der Waals surface area contributed by atoms with E-state index in [1.54, 1.807) is 30.2 Å². The molecule has 7 nitrogen and oxygen atoms in total. The fourth-order valence-electron chi connectivity index (χ4n) is 3.14. The van der Waals surface area contributed by atoms with Crippen molar-refractivity contribution in [3.8, 4) is 5.69 Å². The molecule has 3 aromatic rings. The Morgan fingerprint density at radius 2 is 1.88 bits per heavy atom. The first-order valence-electron chi connectivity index (χ1n) is 8.60. The summed E-state index contributed by atoms with van der Waals surface area (Å²) < 4.78 is 6.52. The molecule has 1 aliphatic carbocycles. The molecule has 2 heterocycles. The van der Waals surface area contributed by atoms with Gasteiger partial charge in [-0.1, -0.05) is 24.3 Å². The van der Waals surface area contributed by atoms with Crippen molar-refractivity contribution in [3.05, 3.63) is 65.7 Å². The van der Waals surface area contributed by atoms with Gasteiger partial charge in [-0.05, 0) is 30.9 Å². The Balaban J connectivity index is 1.42. The molecule has 0 spiro atoms. The number of fused-ring (bicyclic) bond motifs is 1. The molecule has 1 aromatic carbocycles. The fourth-order valence-corrected chi connectivity index (χ4v) is 3.14. The first-order chi connectivity index (χ1) is 12.7. The number of hydrogen-bond donors (Lipinski definition) is 1. The molecule has 26 heavy (non-hydrogen) atoms. The lowest BCUT2D eigenvalue weighted by atomic mass is 10.1. The van der Waals surface area contributed by atoms with Gasteiger partial charge in [-0.15, -0.1) is 0 Å². The Morgan fingerprint density at radius 3 is 2.54 bits per heavy atom. The Kier molecular flexibility index (Phi) is 4.35. The van der Waals surface area contributed by atoms with Crippen molar-refractivity contribution in [1.82, 2.24) is 19.7 Å². The van der Waals surface area contributed by atoms with Crippen LogP contribution in [-0.2, 0) is 17.6 Å². The zero-order valence-corrected chi connectivity index (χ0v) is 14.4. The summed E-state index contributed by atoms with van der Waals surface area (Å²) >= 11 is 0. The van der Waals surface area contributed by atoms with Crippen LogP contribution in [0.1, 0.15) is 28.4 Å². The van der Waals surface area contributed by atoms with Gasteiger partial charge in [-0.2, -0.15) is 5.10 Å². The summed E-state index contributed by atoms with van der Waals surface area (Å²) in [4.78, 5) is 20.5. The Morgan fingerprint density at radius 1 is 1.19 bits per heavy atom. The second kappa shape index (κ2) is 6.95. The number of hydrogen-bond acceptors (Lipinski definition) is 6. The molecule has 7 heteroatoms. The first kappa shape index (κ1) is 16.3. The normalized spacial score (nSPS) is 13.4. The number of nitrogens with one attached hydrogen (secondary N) is 1. The van der Waals surface area contributed by atoms with E-state index in [0.717, 1.165) is 12.8 Å². The van der Waals surface area contributed by atoms with Crippen molar-refractivity contribution in [3.63, 3.8) is 0 Å². The second-order valence-electron chi connectivity index (χ2n) is 6.18. The predicted molar refractivity (Wildman–Crippen MR) is 96.4 cm³/mol. The van der Waals surface area contributed by atoms with Crippen LogP contribution in [0.3, 0.4) is 0 Å². The van der Waals surface area contributed by atoms with Crippen LogP contribution in [0, 0.1) is 0 Å². The summed E-state index contributed by atoms with van der Waals surface area (Å²) in [5.74, 6) is 0.197. The number of rotatable bonds is 5. The number of benzene rings is 1. The third kappa shape index (κ3) is 3.28. The highest BCUT2D eigenvalue weighted by molar-refractivity contribution is 5.88. The van der Waals surface area contributed by atoms with Crippen molar-refractivity contribution in [2.24, 2.45) is 0 Å². The predicted octanol–water partition coefficient (Wildman–Crippen LogP) is 2.42. The van der Waals surface area contributed by atoms with Crippen LogP contribution < -0.4 is 5.32 Å². The molecule has 0 fully saturated rings. The molecule has 0 saturated carbocycles. The standard InChI is InChI=1S/C19H19N5O2/c1-2-26-18(25)15-9-22-24(12-15)17-10-20-19(21-11-17)23-16-7-13-5-3-4-6-14(13)8-16/h3-6,9-12,16H,2,7-8H2,1H3,(H,20,21,23). The van der Waals surface area contributed by atoms with E-state index >= 15 is 0 Å². The van der Waals surface area contributed by atoms with Crippen LogP contribution in [0.4, 0.5) is 5.95 Å². The summed E-state index contributed by atoms with van der Waals surface area (Å²) in [7, 11) is 0. The Hall–Kier alpha value is -3.22. The van der Waals surface area contributed by atoms with Crippen molar-refractivity contribution in [2.45, 2.75) is 25.8 Å². The van der Waals surface area contributed by atoms with Crippen molar-refractivity contribution in [2.75, 3.05) is 11.9 Å². The highest BCUT2D eigenvalue weighted by atomic mass is 16.5. The third-order valence-electron chi connectivity index (χ3n) is 4.38. The summed E-state index contributed by atoms with van der Waals surface area (Å²) in [6.07, 6.45) is 8.39. The largest absolute Gasteiger partial charge is 0.462 e. The number of ether oxygens (including phenoxy) is 1. The molecular weight excluding hydrogens is 330 g/mol. The van der Waals surface area contributed by atoms with Crippen LogP contribution in [-0.4, -0.2) is 38.4 Å². The number of anilines is 1. The number of esters is 1. The van der Waals surface area contributed by atoms with E-state index < -0.39 is 5.97 Å². The molecule has 2 aromatic heterocycles. The van der Waals surface area contributed by atoms with Gasteiger partial charge in [-0.25, -0.2) is 19.4 Å². The first-order valence-corrected chi connectivity index (χ1v) is 8.60. The maximum atomic E-state index is 11.7. The van der Waals surface area contributed by atoms with Gasteiger partial charge in [0.1, 0.15) is 5.69 Å². The molecule has 0 bridgehead atoms. The van der Waals surface area contributed by atoms with Gasteiger partial charge in [0, 0.05) is 12.2 Å². The minimum atomic E-state index is -0.390. The molecule has 0 saturated heterocycles. The van der Waals surface area contributed by atoms with Crippen molar-refractivity contribution >= 4 is 11.9 Å². The van der Waals surface area contributed by atoms with Gasteiger partial charge in [-0.3, -0.25) is 0 Å². The minimum Gasteiger partial charge on any atom is -0.462 e. The SMILES string of the molecule is CCOC(=O)c1cnn(-c2cnc(NC3Cc4ccccc4C3)nc2)c1. The maximum absolute atomic E-state index is 11.7. The van der Waals surface area contributed by atoms with E-state index in [0.29, 0.717) is 29.8 Å². The summed E-state index contributed by atoms with van der Waals surface area (Å²) in [5.41, 5.74) is 3.84. The van der Waals surface area contributed by atoms with Gasteiger partial charge in [0.2, 0.25) is 5.95 Å². The fraction of sp³-hybridized carbons (Fsp3) is 0.263. The summed E-state index contributed by atoms with van der Waals surface area (Å²) in [6, 6.07) is 8.78. The van der Waals surface area contributed by atoms with E-state index in [9.17, 15) is 4.79 Å². The smallest absolute Gasteiger partial charge is 0.341 e. The molecule has 0 unspecified atom stereocenters. The Labute approximate surface area is 151 Å². The zero-order valence-electron chi connectivity index (χ0n) is 14.4. The van der Waals surface area contributed by atoms with Gasteiger partial charge >= 0.3 is 5.97 Å². The minimum absolute atomic E-state index is 0.304. The van der Waals surface area contributed by atoms with Crippen molar-refractivity contribution < 1.29 is 9.53 Å². The highest BCUT2D eigenvalue weighted by Gasteiger charge is 2.21. The van der Waals surface area contributed by atoms with E-state index in [4.69, 9.17) is 4.74 Å². The second-order valence-corrected chi connectivity index (χ2v) is 6.18. The highest BCUT2D eigenvalue weighted by Crippen LogP contribution is 2.23. The molecular formula is C19H19N5O2. The molecule has 0 aliphatic heterocycles. The molecule has 0 radical (unpaired) electrons. The molecule has 4 rings (SSSR count). The van der Waals surface area contributed by atoms with Gasteiger partial charge < -0.3 is 10.1 Å². The molecule has 132 valence electrons. The van der Waals surface area contributed by atoms with Gasteiger partial charge in [0.25, 0.3) is 0 Å². The van der Waals surface area contributed by atoms with Crippen LogP contribution in [0.15, 0.2) is 49.1 Å². The molecule has 1 aliphatic rings. The number of carbonyl (C=O) groups is 1. The lowest BCUT2D eigenvalue weighted by Gasteiger charge is -2.11. The van der Waals surface area contributed by atoms with E-state index in [-0.39, 0.29) is 0 Å². The van der Waals surface area contributed by atoms with Crippen LogP contribution in [0.25, 0.3) is 5.69 Å². The quantitative estimate of drug-likeness (QED) is 0.713. The third-order valence-corrected chi connectivity index (χ3v) is 4.38.